The fourth-order valence-corrected chi connectivity index (χ4v) is 3.62. The topological polar surface area (TPSA) is 59.1 Å². The Morgan fingerprint density at radius 1 is 1.40 bits per heavy atom. The number of hydrazine groups is 1. The van der Waals surface area contributed by atoms with Gasteiger partial charge in [0, 0.05) is 25.0 Å². The number of halogens is 1. The third-order valence-corrected chi connectivity index (χ3v) is 5.67. The van der Waals surface area contributed by atoms with Crippen LogP contribution in [0.3, 0.4) is 0 Å². The Balaban J connectivity index is 2.19. The first kappa shape index (κ1) is 15.9. The molecule has 1 aliphatic heterocycles. The Hall–Kier alpha value is -0.430. The monoisotopic (exact) mass is 343 g/mol. The van der Waals surface area contributed by atoms with E-state index < -0.39 is 0 Å². The van der Waals surface area contributed by atoms with Gasteiger partial charge in [0.2, 0.25) is 0 Å². The van der Waals surface area contributed by atoms with E-state index in [1.807, 2.05) is 18.7 Å². The van der Waals surface area contributed by atoms with E-state index in [9.17, 15) is 0 Å². The first-order valence-electron chi connectivity index (χ1n) is 7.27. The lowest BCUT2D eigenvalue weighted by atomic mass is 9.89. The van der Waals surface area contributed by atoms with Gasteiger partial charge in [-0.05, 0) is 62.6 Å². The summed E-state index contributed by atoms with van der Waals surface area (Å²) >= 11 is 3.64. The van der Waals surface area contributed by atoms with Crippen molar-refractivity contribution in [3.05, 3.63) is 15.9 Å². The highest BCUT2D eigenvalue weighted by Gasteiger charge is 2.37. The van der Waals surface area contributed by atoms with Gasteiger partial charge in [0.05, 0.1) is 15.9 Å². The fourth-order valence-electron chi connectivity index (χ4n) is 3.12. The summed E-state index contributed by atoms with van der Waals surface area (Å²) in [5.74, 6) is 5.86. The summed E-state index contributed by atoms with van der Waals surface area (Å²) in [4.78, 5) is 2.54. The van der Waals surface area contributed by atoms with E-state index in [2.05, 4.69) is 45.2 Å². The lowest BCUT2D eigenvalue weighted by Gasteiger charge is -2.42. The molecule has 5 nitrogen and oxygen atoms in total. The van der Waals surface area contributed by atoms with Crippen LogP contribution in [0, 0.1) is 6.92 Å². The zero-order valence-electron chi connectivity index (χ0n) is 12.9. The molecule has 0 bridgehead atoms. The minimum absolute atomic E-state index is 0.0306. The fraction of sp³-hybridized carbons (Fsp3) is 0.786. The summed E-state index contributed by atoms with van der Waals surface area (Å²) in [7, 11) is 1.99. The molecule has 1 unspecified atom stereocenters. The molecule has 6 heteroatoms. The van der Waals surface area contributed by atoms with E-state index in [0.717, 1.165) is 29.7 Å². The van der Waals surface area contributed by atoms with Crippen LogP contribution in [0.25, 0.3) is 0 Å². The Morgan fingerprint density at radius 2 is 2.00 bits per heavy atom. The van der Waals surface area contributed by atoms with Crippen LogP contribution in [0.2, 0.25) is 0 Å². The van der Waals surface area contributed by atoms with Gasteiger partial charge in [0.15, 0.2) is 0 Å². The molecule has 0 saturated carbocycles. The smallest absolute Gasteiger partial charge is 0.0738 e. The van der Waals surface area contributed by atoms with Crippen molar-refractivity contribution in [2.75, 3.05) is 13.1 Å². The predicted octanol–water partition coefficient (Wildman–Crippen LogP) is 1.74. The maximum atomic E-state index is 5.86. The van der Waals surface area contributed by atoms with Gasteiger partial charge in [-0.2, -0.15) is 5.10 Å². The van der Waals surface area contributed by atoms with E-state index in [0.29, 0.717) is 0 Å². The number of nitrogens with zero attached hydrogens (tertiary/aromatic N) is 3. The van der Waals surface area contributed by atoms with Gasteiger partial charge in [-0.1, -0.05) is 0 Å². The van der Waals surface area contributed by atoms with E-state index in [4.69, 9.17) is 5.84 Å². The van der Waals surface area contributed by atoms with E-state index in [-0.39, 0.29) is 11.6 Å². The summed E-state index contributed by atoms with van der Waals surface area (Å²) in [5, 5.41) is 4.47. The third-order valence-electron chi connectivity index (χ3n) is 4.63. The van der Waals surface area contributed by atoms with E-state index in [1.54, 1.807) is 0 Å². The maximum absolute atomic E-state index is 5.86. The second-order valence-electron chi connectivity index (χ2n) is 6.24. The maximum Gasteiger partial charge on any atom is 0.0738 e. The van der Waals surface area contributed by atoms with Crippen LogP contribution >= 0.6 is 15.9 Å². The number of nitrogens with two attached hydrogens (primary N) is 1. The van der Waals surface area contributed by atoms with Crippen LogP contribution in [0.15, 0.2) is 4.47 Å². The highest BCUT2D eigenvalue weighted by atomic mass is 79.9. The van der Waals surface area contributed by atoms with Crippen LogP contribution in [-0.2, 0) is 13.5 Å². The van der Waals surface area contributed by atoms with E-state index in [1.165, 1.54) is 18.5 Å². The van der Waals surface area contributed by atoms with Crippen LogP contribution in [0.5, 0.6) is 0 Å². The van der Waals surface area contributed by atoms with Crippen LogP contribution in [0.4, 0.5) is 0 Å². The molecule has 2 rings (SSSR count). The van der Waals surface area contributed by atoms with Crippen LogP contribution in [0.1, 0.15) is 38.1 Å². The number of aromatic nitrogens is 2. The lowest BCUT2D eigenvalue weighted by molar-refractivity contribution is 0.106. The zero-order valence-corrected chi connectivity index (χ0v) is 14.5. The molecule has 0 amide bonds. The summed E-state index contributed by atoms with van der Waals surface area (Å²) in [5.41, 5.74) is 5.28. The second kappa shape index (κ2) is 6.13. The van der Waals surface area contributed by atoms with Gasteiger partial charge >= 0.3 is 0 Å². The molecule has 1 aromatic rings. The Bertz CT molecular complexity index is 462. The first-order valence-corrected chi connectivity index (χ1v) is 8.06. The Labute approximate surface area is 130 Å². The average Bonchev–Trinajstić information content (AvgIpc) is 2.99. The molecule has 20 heavy (non-hydrogen) atoms. The van der Waals surface area contributed by atoms with Crippen molar-refractivity contribution < 1.29 is 0 Å². The lowest BCUT2D eigenvalue weighted by Crippen LogP contribution is -2.59. The molecule has 1 fully saturated rings. The van der Waals surface area contributed by atoms with Crippen molar-refractivity contribution >= 4 is 15.9 Å². The van der Waals surface area contributed by atoms with Gasteiger partial charge in [0.1, 0.15) is 0 Å². The molecule has 0 aromatic carbocycles. The third kappa shape index (κ3) is 2.93. The molecule has 0 spiro atoms. The quantitative estimate of drug-likeness (QED) is 0.631. The number of hydrogen-bond donors (Lipinski definition) is 2. The predicted molar refractivity (Wildman–Crippen MR) is 85.3 cm³/mol. The molecular formula is C14H26BrN5. The second-order valence-corrected chi connectivity index (χ2v) is 7.03. The van der Waals surface area contributed by atoms with Crippen molar-refractivity contribution in [2.24, 2.45) is 12.9 Å². The Morgan fingerprint density at radius 3 is 2.45 bits per heavy atom. The molecule has 0 radical (unpaired) electrons. The van der Waals surface area contributed by atoms with Gasteiger partial charge in [-0.3, -0.25) is 20.9 Å². The largest absolute Gasteiger partial charge is 0.297 e. The number of hydrogen-bond acceptors (Lipinski definition) is 4. The SMILES string of the molecule is Cc1nn(C)c(CC(NN)C(C)(C)N2CCCC2)c1Br. The van der Waals surface area contributed by atoms with Crippen LogP contribution < -0.4 is 11.3 Å². The number of likely N-dealkylation sites (tertiary alicyclic amines) is 1. The van der Waals surface area contributed by atoms with Crippen molar-refractivity contribution in [1.82, 2.24) is 20.1 Å². The van der Waals surface area contributed by atoms with Crippen molar-refractivity contribution in [3.8, 4) is 0 Å². The molecule has 1 atom stereocenters. The van der Waals surface area contributed by atoms with E-state index >= 15 is 0 Å². The summed E-state index contributed by atoms with van der Waals surface area (Å²) in [6, 6.07) is 0.187. The van der Waals surface area contributed by atoms with Gasteiger partial charge in [-0.15, -0.1) is 0 Å². The van der Waals surface area contributed by atoms with Crippen LogP contribution in [-0.4, -0.2) is 39.4 Å². The number of nitrogens with one attached hydrogen (secondary N) is 1. The number of rotatable bonds is 5. The van der Waals surface area contributed by atoms with Gasteiger partial charge in [0.25, 0.3) is 0 Å². The molecule has 2 heterocycles. The summed E-state index contributed by atoms with van der Waals surface area (Å²) in [6.07, 6.45) is 3.43. The first-order chi connectivity index (χ1) is 9.37. The number of aryl methyl sites for hydroxylation is 2. The molecule has 0 aliphatic carbocycles. The molecule has 1 aromatic heterocycles. The van der Waals surface area contributed by atoms with Gasteiger partial charge < -0.3 is 0 Å². The summed E-state index contributed by atoms with van der Waals surface area (Å²) in [6.45, 7) is 8.90. The highest BCUT2D eigenvalue weighted by molar-refractivity contribution is 9.10. The minimum Gasteiger partial charge on any atom is -0.297 e. The van der Waals surface area contributed by atoms with Gasteiger partial charge in [-0.25, -0.2) is 0 Å². The van der Waals surface area contributed by atoms with Crippen molar-refractivity contribution in [1.29, 1.82) is 0 Å². The molecule has 1 saturated heterocycles. The Kier molecular flexibility index (Phi) is 4.89. The normalized spacial score (nSPS) is 18.7. The standard InChI is InChI=1S/C14H26BrN5/c1-10-13(15)11(19(4)18-10)9-12(17-16)14(2,3)20-7-5-6-8-20/h12,17H,5-9,16H2,1-4H3. The molecule has 3 N–H and O–H groups in total. The molecule has 1 aliphatic rings. The van der Waals surface area contributed by atoms with Crippen molar-refractivity contribution in [2.45, 2.75) is 51.6 Å². The molecule has 114 valence electrons. The van der Waals surface area contributed by atoms with Crippen molar-refractivity contribution in [3.63, 3.8) is 0 Å². The average molecular weight is 344 g/mol. The summed E-state index contributed by atoms with van der Waals surface area (Å²) < 4.78 is 3.04. The zero-order chi connectivity index (χ0) is 14.9. The minimum atomic E-state index is 0.0306. The highest BCUT2D eigenvalue weighted by Crippen LogP contribution is 2.28. The molecular weight excluding hydrogens is 318 g/mol.